The summed E-state index contributed by atoms with van der Waals surface area (Å²) < 4.78 is 4.94. The number of hydrogen-bond acceptors (Lipinski definition) is 4. The maximum absolute atomic E-state index is 12.6. The zero-order chi connectivity index (χ0) is 22.7. The van der Waals surface area contributed by atoms with Crippen LogP contribution in [0.1, 0.15) is 68.6 Å². The number of aromatic hydroxyl groups is 1. The number of benzene rings is 2. The van der Waals surface area contributed by atoms with Crippen LogP contribution in [-0.4, -0.2) is 30.1 Å². The van der Waals surface area contributed by atoms with Crippen LogP contribution in [0, 0.1) is 0 Å². The van der Waals surface area contributed by atoms with Gasteiger partial charge in [0.1, 0.15) is 11.8 Å². The second-order valence-electron chi connectivity index (χ2n) is 9.66. The second kappa shape index (κ2) is 8.90. The van der Waals surface area contributed by atoms with E-state index < -0.39 is 12.0 Å². The van der Waals surface area contributed by atoms with Crippen LogP contribution < -0.4 is 5.32 Å². The van der Waals surface area contributed by atoms with Gasteiger partial charge in [-0.15, -0.1) is 0 Å². The molecule has 0 fully saturated rings. The van der Waals surface area contributed by atoms with Crippen LogP contribution in [0.25, 0.3) is 0 Å². The molecule has 0 spiro atoms. The van der Waals surface area contributed by atoms with Crippen molar-refractivity contribution in [3.63, 3.8) is 0 Å². The van der Waals surface area contributed by atoms with Crippen LogP contribution in [0.4, 0.5) is 0 Å². The minimum atomic E-state index is -0.840. The molecule has 5 heteroatoms. The van der Waals surface area contributed by atoms with Crippen LogP contribution in [0.5, 0.6) is 5.75 Å². The van der Waals surface area contributed by atoms with Gasteiger partial charge in [-0.2, -0.15) is 0 Å². The van der Waals surface area contributed by atoms with Crippen LogP contribution in [-0.2, 0) is 26.8 Å². The van der Waals surface area contributed by atoms with E-state index in [1.54, 1.807) is 24.3 Å². The average molecular weight is 412 g/mol. The fraction of sp³-hybridized carbons (Fsp3) is 0.440. The molecule has 0 heterocycles. The summed E-state index contributed by atoms with van der Waals surface area (Å²) in [5.74, 6) is -0.569. The largest absolute Gasteiger partial charge is 0.507 e. The Morgan fingerprint density at radius 1 is 0.967 bits per heavy atom. The van der Waals surface area contributed by atoms with Gasteiger partial charge in [-0.1, -0.05) is 71.9 Å². The van der Waals surface area contributed by atoms with Crippen LogP contribution in [0.15, 0.2) is 42.5 Å². The van der Waals surface area contributed by atoms with Crippen molar-refractivity contribution in [2.45, 2.75) is 64.8 Å². The topological polar surface area (TPSA) is 75.6 Å². The van der Waals surface area contributed by atoms with Crippen LogP contribution in [0.2, 0.25) is 0 Å². The van der Waals surface area contributed by atoms with Crippen molar-refractivity contribution >= 4 is 11.9 Å². The lowest BCUT2D eigenvalue weighted by Gasteiger charge is -2.29. The fourth-order valence-corrected chi connectivity index (χ4v) is 3.36. The first kappa shape index (κ1) is 23.5. The quantitative estimate of drug-likeness (QED) is 0.710. The molecule has 0 aliphatic rings. The lowest BCUT2D eigenvalue weighted by molar-refractivity contribution is -0.142. The molecular weight excluding hydrogens is 378 g/mol. The van der Waals surface area contributed by atoms with Gasteiger partial charge in [-0.25, -0.2) is 4.79 Å². The van der Waals surface area contributed by atoms with Gasteiger partial charge in [0.05, 0.1) is 7.11 Å². The molecule has 0 aliphatic carbocycles. The van der Waals surface area contributed by atoms with Crippen molar-refractivity contribution in [2.75, 3.05) is 7.11 Å². The summed E-state index contributed by atoms with van der Waals surface area (Å²) in [5, 5.41) is 13.7. The third-order valence-electron chi connectivity index (χ3n) is 5.05. The molecule has 0 radical (unpaired) electrons. The number of esters is 1. The van der Waals surface area contributed by atoms with Gasteiger partial charge in [0, 0.05) is 12.0 Å². The molecule has 2 aromatic carbocycles. The predicted octanol–water partition coefficient (Wildman–Crippen LogP) is 4.50. The first-order valence-electron chi connectivity index (χ1n) is 10.1. The number of amides is 1. The van der Waals surface area contributed by atoms with E-state index in [-0.39, 0.29) is 28.9 Å². The van der Waals surface area contributed by atoms with E-state index in [2.05, 4.69) is 5.32 Å². The number of methoxy groups -OCH3 is 1. The Balaban J connectivity index is 2.44. The number of hydrogen-bond donors (Lipinski definition) is 2. The average Bonchev–Trinajstić information content (AvgIpc) is 2.66. The highest BCUT2D eigenvalue weighted by atomic mass is 16.5. The molecule has 2 rings (SSSR count). The summed E-state index contributed by atoms with van der Waals surface area (Å²) in [6, 6.07) is 11.7. The Kier molecular flexibility index (Phi) is 6.96. The van der Waals surface area contributed by atoms with E-state index in [0.29, 0.717) is 5.56 Å². The molecule has 5 nitrogen and oxygen atoms in total. The number of ether oxygens (including phenoxy) is 1. The van der Waals surface area contributed by atoms with Gasteiger partial charge < -0.3 is 15.2 Å². The molecule has 0 bridgehead atoms. The van der Waals surface area contributed by atoms with Gasteiger partial charge in [-0.05, 0) is 39.7 Å². The third kappa shape index (κ3) is 5.62. The highest BCUT2D eigenvalue weighted by molar-refractivity contribution is 5.96. The molecule has 0 aromatic heterocycles. The first-order chi connectivity index (χ1) is 13.8. The van der Waals surface area contributed by atoms with E-state index in [1.807, 2.05) is 59.7 Å². The Bertz CT molecular complexity index is 870. The number of carbonyl (C=O) groups is 2. The molecule has 1 atom stereocenters. The van der Waals surface area contributed by atoms with Gasteiger partial charge in [0.25, 0.3) is 5.91 Å². The smallest absolute Gasteiger partial charge is 0.328 e. The predicted molar refractivity (Wildman–Crippen MR) is 119 cm³/mol. The van der Waals surface area contributed by atoms with E-state index in [1.165, 1.54) is 7.11 Å². The van der Waals surface area contributed by atoms with Crippen molar-refractivity contribution in [1.82, 2.24) is 5.32 Å². The molecular formula is C25H33NO4. The summed E-state index contributed by atoms with van der Waals surface area (Å²) in [6.45, 7) is 12.2. The zero-order valence-electron chi connectivity index (χ0n) is 19.0. The molecule has 0 saturated heterocycles. The number of phenols is 1. The number of phenolic OH excluding ortho intramolecular Hbond substituents is 1. The number of nitrogens with one attached hydrogen (secondary N) is 1. The van der Waals surface area contributed by atoms with Crippen molar-refractivity contribution in [2.24, 2.45) is 0 Å². The lowest BCUT2D eigenvalue weighted by atomic mass is 9.78. The van der Waals surface area contributed by atoms with E-state index in [4.69, 9.17) is 4.74 Å². The number of rotatable bonds is 5. The summed E-state index contributed by atoms with van der Waals surface area (Å²) in [4.78, 5) is 25.0. The fourth-order valence-electron chi connectivity index (χ4n) is 3.36. The molecule has 2 aromatic rings. The van der Waals surface area contributed by atoms with Gasteiger partial charge in [0.15, 0.2) is 0 Å². The van der Waals surface area contributed by atoms with E-state index in [0.717, 1.165) is 16.7 Å². The standard InChI is InChI=1S/C25H33NO4/c1-24(2,3)18-13-16(14-19(21(18)27)25(4,5)6)15-20(23(29)30-7)26-22(28)17-11-9-8-10-12-17/h8-14,20,27H,15H2,1-7H3,(H,26,28). The maximum atomic E-state index is 12.6. The summed E-state index contributed by atoms with van der Waals surface area (Å²) in [7, 11) is 1.31. The maximum Gasteiger partial charge on any atom is 0.328 e. The summed E-state index contributed by atoms with van der Waals surface area (Å²) in [6.07, 6.45) is 0.262. The molecule has 0 aliphatic heterocycles. The van der Waals surface area contributed by atoms with Crippen LogP contribution >= 0.6 is 0 Å². The second-order valence-corrected chi connectivity index (χ2v) is 9.66. The SMILES string of the molecule is COC(=O)C(Cc1cc(C(C)(C)C)c(O)c(C(C)(C)C)c1)NC(=O)c1ccccc1. The Labute approximate surface area is 179 Å². The molecule has 1 amide bonds. The normalized spacial score (nSPS) is 12.9. The molecule has 162 valence electrons. The van der Waals surface area contributed by atoms with Crippen molar-refractivity contribution < 1.29 is 19.4 Å². The Morgan fingerprint density at radius 2 is 1.47 bits per heavy atom. The van der Waals surface area contributed by atoms with Crippen LogP contribution in [0.3, 0.4) is 0 Å². The number of carbonyl (C=O) groups excluding carboxylic acids is 2. The Hall–Kier alpha value is -2.82. The van der Waals surface area contributed by atoms with Crippen molar-refractivity contribution in [3.05, 3.63) is 64.7 Å². The molecule has 1 unspecified atom stereocenters. The third-order valence-corrected chi connectivity index (χ3v) is 5.05. The minimum Gasteiger partial charge on any atom is -0.507 e. The highest BCUT2D eigenvalue weighted by Gasteiger charge is 2.29. The monoisotopic (exact) mass is 411 g/mol. The van der Waals surface area contributed by atoms with Gasteiger partial charge in [0.2, 0.25) is 0 Å². The highest BCUT2D eigenvalue weighted by Crippen LogP contribution is 2.40. The molecule has 30 heavy (non-hydrogen) atoms. The van der Waals surface area contributed by atoms with Crippen molar-refractivity contribution in [3.8, 4) is 5.75 Å². The van der Waals surface area contributed by atoms with E-state index >= 15 is 0 Å². The molecule has 0 saturated carbocycles. The first-order valence-corrected chi connectivity index (χ1v) is 10.1. The lowest BCUT2D eigenvalue weighted by Crippen LogP contribution is -2.43. The zero-order valence-corrected chi connectivity index (χ0v) is 19.0. The minimum absolute atomic E-state index is 0.262. The Morgan fingerprint density at radius 3 is 1.90 bits per heavy atom. The van der Waals surface area contributed by atoms with Gasteiger partial charge >= 0.3 is 5.97 Å². The van der Waals surface area contributed by atoms with Gasteiger partial charge in [-0.3, -0.25) is 4.79 Å². The van der Waals surface area contributed by atoms with Crippen molar-refractivity contribution in [1.29, 1.82) is 0 Å². The molecule has 2 N–H and O–H groups in total. The summed E-state index contributed by atoms with van der Waals surface area (Å²) >= 11 is 0. The summed E-state index contributed by atoms with van der Waals surface area (Å²) in [5.41, 5.74) is 2.38. The van der Waals surface area contributed by atoms with E-state index in [9.17, 15) is 14.7 Å².